The van der Waals surface area contributed by atoms with Crippen molar-refractivity contribution in [2.45, 2.75) is 56.5 Å². The average Bonchev–Trinajstić information content (AvgIpc) is 3.38. The van der Waals surface area contributed by atoms with Gasteiger partial charge in [-0.1, -0.05) is 92.9 Å². The molecule has 0 aromatic heterocycles. The topological polar surface area (TPSA) is 110 Å². The van der Waals surface area contributed by atoms with Crippen LogP contribution in [0.25, 0.3) is 0 Å². The van der Waals surface area contributed by atoms with E-state index in [2.05, 4.69) is 17.1 Å². The van der Waals surface area contributed by atoms with Gasteiger partial charge in [0.25, 0.3) is 5.91 Å². The van der Waals surface area contributed by atoms with Crippen molar-refractivity contribution < 1.29 is 24.3 Å². The van der Waals surface area contributed by atoms with Crippen molar-refractivity contribution in [2.24, 2.45) is 5.92 Å². The molecule has 3 aromatic rings. The van der Waals surface area contributed by atoms with Crippen molar-refractivity contribution in [3.8, 4) is 5.75 Å². The van der Waals surface area contributed by atoms with E-state index in [4.69, 9.17) is 0 Å². The van der Waals surface area contributed by atoms with E-state index in [1.807, 2.05) is 0 Å². The number of phenols is 1. The Morgan fingerprint density at radius 3 is 2.07 bits per heavy atom. The summed E-state index contributed by atoms with van der Waals surface area (Å²) in [6, 6.07) is 23.4. The maximum atomic E-state index is 15.2. The highest BCUT2D eigenvalue weighted by atomic mass is 16.3. The lowest BCUT2D eigenvalue weighted by Crippen LogP contribution is -2.65. The Labute approximate surface area is 270 Å². The maximum Gasteiger partial charge on any atom is 0.255 e. The van der Waals surface area contributed by atoms with Crippen LogP contribution in [0, 0.1) is 5.92 Å². The standard InChI is InChI=1S/C37H42N4O5/c1-2-39-22-24-40(25-23-39)34(44)31-32(29-20-12-13-21-30(29)42)37(33(43)26-14-6-3-7-15-26,36(46)38-27-16-8-4-9-17-27)41(35(31)45)28-18-10-5-11-19-28/h3,5-7,10-15,18-21,27,31-32,42H,2,4,8-9,16-17,22-25H2,1H3,(H,38,46). The highest BCUT2D eigenvalue weighted by Crippen LogP contribution is 2.53. The molecule has 240 valence electrons. The molecule has 6 rings (SSSR count). The Kier molecular flexibility index (Phi) is 9.22. The van der Waals surface area contributed by atoms with Gasteiger partial charge in [-0.25, -0.2) is 0 Å². The second-order valence-corrected chi connectivity index (χ2v) is 12.6. The quantitative estimate of drug-likeness (QED) is 0.285. The fraction of sp³-hybridized carbons (Fsp3) is 0.405. The number of phenolic OH excluding ortho intramolecular Hbond substituents is 1. The monoisotopic (exact) mass is 622 g/mol. The lowest BCUT2D eigenvalue weighted by Gasteiger charge is -2.41. The Morgan fingerprint density at radius 2 is 1.43 bits per heavy atom. The van der Waals surface area contributed by atoms with Gasteiger partial charge in [-0.2, -0.15) is 0 Å². The van der Waals surface area contributed by atoms with Crippen LogP contribution in [-0.2, 0) is 14.4 Å². The molecule has 2 N–H and O–H groups in total. The molecule has 1 saturated carbocycles. The molecule has 3 aliphatic rings. The smallest absolute Gasteiger partial charge is 0.255 e. The molecule has 3 fully saturated rings. The fourth-order valence-corrected chi connectivity index (χ4v) is 7.57. The number of nitrogens with one attached hydrogen (secondary N) is 1. The fourth-order valence-electron chi connectivity index (χ4n) is 7.57. The van der Waals surface area contributed by atoms with Crippen molar-refractivity contribution in [3.63, 3.8) is 0 Å². The van der Waals surface area contributed by atoms with Crippen LogP contribution in [0.5, 0.6) is 5.75 Å². The molecular formula is C37H42N4O5. The number of piperazine rings is 1. The van der Waals surface area contributed by atoms with Crippen LogP contribution in [0.1, 0.15) is 60.9 Å². The van der Waals surface area contributed by atoms with Crippen LogP contribution in [0.15, 0.2) is 84.9 Å². The summed E-state index contributed by atoms with van der Waals surface area (Å²) in [5.41, 5.74) is -1.42. The first-order valence-corrected chi connectivity index (χ1v) is 16.5. The number of benzene rings is 3. The van der Waals surface area contributed by atoms with Gasteiger partial charge in [0.2, 0.25) is 11.8 Å². The number of hydrogen-bond donors (Lipinski definition) is 2. The van der Waals surface area contributed by atoms with Gasteiger partial charge >= 0.3 is 0 Å². The molecule has 3 aromatic carbocycles. The summed E-state index contributed by atoms with van der Waals surface area (Å²) in [7, 11) is 0. The summed E-state index contributed by atoms with van der Waals surface area (Å²) in [5.74, 6) is -5.23. The zero-order chi connectivity index (χ0) is 32.3. The van der Waals surface area contributed by atoms with Crippen LogP contribution in [0.4, 0.5) is 5.69 Å². The summed E-state index contributed by atoms with van der Waals surface area (Å²) < 4.78 is 0. The van der Waals surface area contributed by atoms with Crippen molar-refractivity contribution in [2.75, 3.05) is 37.6 Å². The minimum Gasteiger partial charge on any atom is -0.508 e. The van der Waals surface area contributed by atoms with E-state index in [1.54, 1.807) is 83.8 Å². The van der Waals surface area contributed by atoms with Crippen molar-refractivity contribution in [1.29, 1.82) is 0 Å². The van der Waals surface area contributed by atoms with Crippen molar-refractivity contribution in [3.05, 3.63) is 96.1 Å². The first-order chi connectivity index (χ1) is 22.4. The van der Waals surface area contributed by atoms with Gasteiger partial charge in [0.1, 0.15) is 11.7 Å². The largest absolute Gasteiger partial charge is 0.508 e. The number of likely N-dealkylation sites (N-methyl/N-ethyl adjacent to an activating group) is 1. The molecule has 3 unspecified atom stereocenters. The minimum absolute atomic E-state index is 0.181. The molecule has 0 spiro atoms. The molecule has 9 heteroatoms. The number of carbonyl (C=O) groups is 4. The summed E-state index contributed by atoms with van der Waals surface area (Å²) in [6.45, 7) is 5.07. The Bertz CT molecular complexity index is 1570. The predicted molar refractivity (Wildman–Crippen MR) is 175 cm³/mol. The predicted octanol–water partition coefficient (Wildman–Crippen LogP) is 4.37. The zero-order valence-electron chi connectivity index (χ0n) is 26.3. The highest BCUT2D eigenvalue weighted by molar-refractivity contribution is 6.30. The van der Waals surface area contributed by atoms with E-state index in [9.17, 15) is 9.90 Å². The van der Waals surface area contributed by atoms with Crippen LogP contribution in [0.3, 0.4) is 0 Å². The molecule has 2 saturated heterocycles. The first kappa shape index (κ1) is 31.5. The number of nitrogens with zero attached hydrogens (tertiary/aromatic N) is 3. The number of anilines is 1. The van der Waals surface area contributed by atoms with Crippen molar-refractivity contribution >= 4 is 29.2 Å². The summed E-state index contributed by atoms with van der Waals surface area (Å²) in [4.78, 5) is 65.3. The lowest BCUT2D eigenvalue weighted by atomic mass is 9.69. The molecule has 0 bridgehead atoms. The van der Waals surface area contributed by atoms with Gasteiger partial charge in [-0.05, 0) is 37.6 Å². The lowest BCUT2D eigenvalue weighted by molar-refractivity contribution is -0.141. The molecule has 46 heavy (non-hydrogen) atoms. The van der Waals surface area contributed by atoms with Gasteiger partial charge in [-0.3, -0.25) is 24.1 Å². The molecule has 3 atom stereocenters. The molecule has 2 heterocycles. The first-order valence-electron chi connectivity index (χ1n) is 16.5. The third kappa shape index (κ3) is 5.57. The van der Waals surface area contributed by atoms with E-state index >= 15 is 14.4 Å². The van der Waals surface area contributed by atoms with Crippen LogP contribution >= 0.6 is 0 Å². The van der Waals surface area contributed by atoms with Crippen LogP contribution in [0.2, 0.25) is 0 Å². The van der Waals surface area contributed by atoms with Crippen LogP contribution < -0.4 is 10.2 Å². The second kappa shape index (κ2) is 13.5. The molecule has 1 aliphatic carbocycles. The number of Topliss-reactive ketones (excluding diaryl/α,β-unsaturated/α-hetero) is 1. The number of hydrogen-bond acceptors (Lipinski definition) is 6. The summed E-state index contributed by atoms with van der Waals surface area (Å²) >= 11 is 0. The Morgan fingerprint density at radius 1 is 0.826 bits per heavy atom. The third-order valence-electron chi connectivity index (χ3n) is 9.97. The molecular weight excluding hydrogens is 580 g/mol. The van der Waals surface area contributed by atoms with E-state index in [-0.39, 0.29) is 22.9 Å². The minimum atomic E-state index is -2.21. The number of amides is 3. The molecule has 9 nitrogen and oxygen atoms in total. The van der Waals surface area contributed by atoms with Crippen LogP contribution in [-0.4, -0.2) is 82.7 Å². The number of para-hydroxylation sites is 2. The summed E-state index contributed by atoms with van der Waals surface area (Å²) in [5, 5.41) is 14.6. The van der Waals surface area contributed by atoms with Gasteiger partial charge in [0.15, 0.2) is 11.3 Å². The normalized spacial score (nSPS) is 24.2. The number of aromatic hydroxyl groups is 1. The number of rotatable bonds is 8. The van der Waals surface area contributed by atoms with E-state index < -0.39 is 40.9 Å². The molecule has 2 aliphatic heterocycles. The highest BCUT2D eigenvalue weighted by Gasteiger charge is 2.70. The maximum absolute atomic E-state index is 15.2. The number of carbonyl (C=O) groups excluding carboxylic acids is 4. The molecule has 3 amide bonds. The SMILES string of the molecule is CCN1CCN(C(=O)C2C(=O)N(c3ccccc3)C(C(=O)NC3CCCCC3)(C(=O)c3ccccc3)C2c2ccccc2O)CC1. The second-order valence-electron chi connectivity index (χ2n) is 12.6. The van der Waals surface area contributed by atoms with E-state index in [0.717, 1.165) is 38.6 Å². The van der Waals surface area contributed by atoms with Gasteiger partial charge < -0.3 is 20.2 Å². The Balaban J connectivity index is 1.60. The van der Waals surface area contributed by atoms with E-state index in [1.165, 1.54) is 11.0 Å². The van der Waals surface area contributed by atoms with Gasteiger partial charge in [0, 0.05) is 55.0 Å². The Hall–Kier alpha value is -4.50. The third-order valence-corrected chi connectivity index (χ3v) is 9.97. The van der Waals surface area contributed by atoms with Crippen molar-refractivity contribution in [1.82, 2.24) is 15.1 Å². The zero-order valence-corrected chi connectivity index (χ0v) is 26.3. The number of ketones is 1. The van der Waals surface area contributed by atoms with E-state index in [0.29, 0.717) is 31.9 Å². The average molecular weight is 623 g/mol. The van der Waals surface area contributed by atoms with Gasteiger partial charge in [-0.15, -0.1) is 0 Å². The summed E-state index contributed by atoms with van der Waals surface area (Å²) in [6.07, 6.45) is 4.47. The molecule has 0 radical (unpaired) electrons. The van der Waals surface area contributed by atoms with Gasteiger partial charge in [0.05, 0.1) is 0 Å².